The summed E-state index contributed by atoms with van der Waals surface area (Å²) in [4.78, 5) is 0. The second kappa shape index (κ2) is 4.08. The summed E-state index contributed by atoms with van der Waals surface area (Å²) in [5.41, 5.74) is 0. The van der Waals surface area contributed by atoms with E-state index >= 15 is 0 Å². The molecule has 0 amide bonds. The number of hydrogen-bond donors (Lipinski definition) is 1. The molecule has 0 heterocycles. The third-order valence-corrected chi connectivity index (χ3v) is 5.27. The summed E-state index contributed by atoms with van der Waals surface area (Å²) in [6.07, 6.45) is 3.94. The van der Waals surface area contributed by atoms with Crippen LogP contribution in [0.3, 0.4) is 0 Å². The number of rotatable bonds is 4. The molecule has 2 saturated carbocycles. The van der Waals surface area contributed by atoms with Gasteiger partial charge in [-0.05, 0) is 41.9 Å². The maximum atomic E-state index is 9.87. The Morgan fingerprint density at radius 2 is 1.87 bits per heavy atom. The van der Waals surface area contributed by atoms with E-state index < -0.39 is 0 Å². The molecule has 88 valence electrons. The molecule has 0 bridgehead atoms. The van der Waals surface area contributed by atoms with Crippen molar-refractivity contribution >= 4 is 0 Å². The quantitative estimate of drug-likeness (QED) is 0.754. The Kier molecular flexibility index (Phi) is 3.12. The fourth-order valence-corrected chi connectivity index (χ4v) is 4.30. The lowest BCUT2D eigenvalue weighted by Gasteiger charge is -2.47. The third kappa shape index (κ3) is 1.73. The minimum atomic E-state index is 0.0234. The van der Waals surface area contributed by atoms with Gasteiger partial charge >= 0.3 is 0 Å². The van der Waals surface area contributed by atoms with Crippen LogP contribution in [0.25, 0.3) is 0 Å². The zero-order valence-electron chi connectivity index (χ0n) is 10.6. The van der Waals surface area contributed by atoms with Crippen molar-refractivity contribution in [3.63, 3.8) is 0 Å². The van der Waals surface area contributed by atoms with E-state index in [2.05, 4.69) is 27.7 Å². The first kappa shape index (κ1) is 11.4. The summed E-state index contributed by atoms with van der Waals surface area (Å²) in [6.45, 7) is 9.30. The van der Waals surface area contributed by atoms with Crippen molar-refractivity contribution < 1.29 is 5.11 Å². The minimum absolute atomic E-state index is 0.0234. The normalized spacial score (nSPS) is 51.0. The SMILES string of the molecule is CCC1CC(C)C1C(C)C1C(O)C1CC. The highest BCUT2D eigenvalue weighted by Gasteiger charge is 2.55. The maximum absolute atomic E-state index is 9.87. The lowest BCUT2D eigenvalue weighted by molar-refractivity contribution is 0.0177. The summed E-state index contributed by atoms with van der Waals surface area (Å²) in [7, 11) is 0. The van der Waals surface area contributed by atoms with Crippen molar-refractivity contribution in [1.82, 2.24) is 0 Å². The molecule has 1 N–H and O–H groups in total. The van der Waals surface area contributed by atoms with Crippen molar-refractivity contribution in [1.29, 1.82) is 0 Å². The molecule has 2 rings (SSSR count). The second-order valence-corrected chi connectivity index (χ2v) is 5.96. The fraction of sp³-hybridized carbons (Fsp3) is 1.00. The van der Waals surface area contributed by atoms with Gasteiger partial charge in [0.15, 0.2) is 0 Å². The van der Waals surface area contributed by atoms with Gasteiger partial charge in [-0.1, -0.05) is 40.5 Å². The van der Waals surface area contributed by atoms with Gasteiger partial charge in [0.2, 0.25) is 0 Å². The van der Waals surface area contributed by atoms with E-state index in [1.54, 1.807) is 0 Å². The van der Waals surface area contributed by atoms with Gasteiger partial charge in [-0.2, -0.15) is 0 Å². The van der Waals surface area contributed by atoms with Crippen LogP contribution < -0.4 is 0 Å². The van der Waals surface area contributed by atoms with Crippen LogP contribution in [0.2, 0.25) is 0 Å². The molecule has 0 aromatic rings. The zero-order valence-corrected chi connectivity index (χ0v) is 10.6. The molecule has 15 heavy (non-hydrogen) atoms. The molecule has 7 atom stereocenters. The Balaban J connectivity index is 1.93. The summed E-state index contributed by atoms with van der Waals surface area (Å²) >= 11 is 0. The number of hydrogen-bond acceptors (Lipinski definition) is 1. The lowest BCUT2D eigenvalue weighted by Crippen LogP contribution is -2.40. The van der Waals surface area contributed by atoms with Gasteiger partial charge in [0, 0.05) is 0 Å². The predicted octanol–water partition coefficient (Wildman–Crippen LogP) is 3.32. The Morgan fingerprint density at radius 3 is 2.27 bits per heavy atom. The third-order valence-electron chi connectivity index (χ3n) is 5.27. The van der Waals surface area contributed by atoms with Crippen LogP contribution in [0, 0.1) is 35.5 Å². The van der Waals surface area contributed by atoms with E-state index in [0.29, 0.717) is 11.8 Å². The van der Waals surface area contributed by atoms with Gasteiger partial charge in [0.25, 0.3) is 0 Å². The Labute approximate surface area is 94.3 Å². The Morgan fingerprint density at radius 1 is 1.20 bits per heavy atom. The molecule has 0 aromatic heterocycles. The monoisotopic (exact) mass is 210 g/mol. The Bertz CT molecular complexity index is 225. The topological polar surface area (TPSA) is 20.2 Å². The van der Waals surface area contributed by atoms with Gasteiger partial charge in [0.1, 0.15) is 0 Å². The van der Waals surface area contributed by atoms with Crippen molar-refractivity contribution in [3.8, 4) is 0 Å². The van der Waals surface area contributed by atoms with Crippen LogP contribution in [-0.2, 0) is 0 Å². The van der Waals surface area contributed by atoms with Gasteiger partial charge < -0.3 is 5.11 Å². The molecule has 7 unspecified atom stereocenters. The lowest BCUT2D eigenvalue weighted by atomic mass is 9.58. The average molecular weight is 210 g/mol. The van der Waals surface area contributed by atoms with Gasteiger partial charge in [-0.3, -0.25) is 0 Å². The molecule has 2 aliphatic rings. The van der Waals surface area contributed by atoms with Crippen LogP contribution in [0.4, 0.5) is 0 Å². The smallest absolute Gasteiger partial charge is 0.0606 e. The van der Waals surface area contributed by atoms with E-state index in [-0.39, 0.29) is 6.10 Å². The molecular weight excluding hydrogens is 184 g/mol. The van der Waals surface area contributed by atoms with Crippen LogP contribution in [0.5, 0.6) is 0 Å². The first-order valence-electron chi connectivity index (χ1n) is 6.79. The van der Waals surface area contributed by atoms with Gasteiger partial charge in [0.05, 0.1) is 6.10 Å². The van der Waals surface area contributed by atoms with E-state index in [4.69, 9.17) is 0 Å². The van der Waals surface area contributed by atoms with E-state index in [1.807, 2.05) is 0 Å². The van der Waals surface area contributed by atoms with Crippen molar-refractivity contribution in [3.05, 3.63) is 0 Å². The number of aliphatic hydroxyl groups excluding tert-OH is 1. The largest absolute Gasteiger partial charge is 0.393 e. The maximum Gasteiger partial charge on any atom is 0.0606 e. The fourth-order valence-electron chi connectivity index (χ4n) is 4.30. The molecule has 0 aliphatic heterocycles. The second-order valence-electron chi connectivity index (χ2n) is 5.96. The highest BCUT2D eigenvalue weighted by atomic mass is 16.3. The average Bonchev–Trinajstić information content (AvgIpc) is 2.84. The molecule has 1 nitrogen and oxygen atoms in total. The minimum Gasteiger partial charge on any atom is -0.393 e. The van der Waals surface area contributed by atoms with Crippen LogP contribution in [-0.4, -0.2) is 11.2 Å². The van der Waals surface area contributed by atoms with E-state index in [1.165, 1.54) is 12.8 Å². The standard InChI is InChI=1S/C14H26O/c1-5-10-7-8(3)12(10)9(4)13-11(6-2)14(13)15/h8-15H,5-7H2,1-4H3. The number of aliphatic hydroxyl groups is 1. The molecule has 2 aliphatic carbocycles. The van der Waals surface area contributed by atoms with Crippen molar-refractivity contribution in [2.45, 2.75) is 53.1 Å². The Hall–Kier alpha value is -0.0400. The summed E-state index contributed by atoms with van der Waals surface area (Å²) in [5.74, 6) is 4.72. The van der Waals surface area contributed by atoms with E-state index in [0.717, 1.165) is 30.1 Å². The molecule has 0 saturated heterocycles. The van der Waals surface area contributed by atoms with Crippen LogP contribution >= 0.6 is 0 Å². The highest BCUT2D eigenvalue weighted by molar-refractivity contribution is 5.03. The molecule has 1 heteroatoms. The predicted molar refractivity (Wildman–Crippen MR) is 63.5 cm³/mol. The summed E-state index contributed by atoms with van der Waals surface area (Å²) in [6, 6.07) is 0. The molecule has 0 spiro atoms. The summed E-state index contributed by atoms with van der Waals surface area (Å²) < 4.78 is 0. The van der Waals surface area contributed by atoms with Crippen LogP contribution in [0.15, 0.2) is 0 Å². The van der Waals surface area contributed by atoms with Crippen molar-refractivity contribution in [2.24, 2.45) is 35.5 Å². The molecule has 2 fully saturated rings. The molecular formula is C14H26O. The highest BCUT2D eigenvalue weighted by Crippen LogP contribution is 2.56. The summed E-state index contributed by atoms with van der Waals surface area (Å²) in [5, 5.41) is 9.87. The van der Waals surface area contributed by atoms with Gasteiger partial charge in [-0.15, -0.1) is 0 Å². The first-order chi connectivity index (χ1) is 7.11. The molecule has 0 radical (unpaired) electrons. The molecule has 0 aromatic carbocycles. The van der Waals surface area contributed by atoms with Crippen molar-refractivity contribution in [2.75, 3.05) is 0 Å². The van der Waals surface area contributed by atoms with E-state index in [9.17, 15) is 5.11 Å². The first-order valence-corrected chi connectivity index (χ1v) is 6.79. The van der Waals surface area contributed by atoms with Crippen LogP contribution in [0.1, 0.15) is 47.0 Å². The zero-order chi connectivity index (χ0) is 11.2. The van der Waals surface area contributed by atoms with Gasteiger partial charge in [-0.25, -0.2) is 0 Å².